The van der Waals surface area contributed by atoms with Crippen LogP contribution in [0.1, 0.15) is 29.7 Å². The number of hydrogen-bond donors (Lipinski definition) is 1. The summed E-state index contributed by atoms with van der Waals surface area (Å²) in [4.78, 5) is 0. The fraction of sp³-hybridized carbons (Fsp3) is 0.294. The molecule has 0 spiro atoms. The van der Waals surface area contributed by atoms with E-state index in [0.29, 0.717) is 6.54 Å². The molecule has 1 N–H and O–H groups in total. The van der Waals surface area contributed by atoms with Crippen LogP contribution in [0.25, 0.3) is 0 Å². The zero-order chi connectivity index (χ0) is 14.5. The van der Waals surface area contributed by atoms with E-state index in [4.69, 9.17) is 4.74 Å². The summed E-state index contributed by atoms with van der Waals surface area (Å²) in [5.41, 5.74) is 3.17. The van der Waals surface area contributed by atoms with E-state index in [0.717, 1.165) is 22.4 Å². The number of nitrogens with one attached hydrogen (secondary N) is 1. The van der Waals surface area contributed by atoms with E-state index >= 15 is 0 Å². The molecule has 106 valence electrons. The van der Waals surface area contributed by atoms with Crippen LogP contribution in [0.5, 0.6) is 5.75 Å². The summed E-state index contributed by atoms with van der Waals surface area (Å²) < 4.78 is 18.6. The third-order valence-corrected chi connectivity index (χ3v) is 3.52. The topological polar surface area (TPSA) is 21.3 Å². The van der Waals surface area contributed by atoms with Gasteiger partial charge in [0.2, 0.25) is 0 Å². The first-order valence-electron chi connectivity index (χ1n) is 6.73. The molecule has 2 aromatic rings. The van der Waals surface area contributed by atoms with E-state index in [2.05, 4.69) is 12.2 Å². The summed E-state index contributed by atoms with van der Waals surface area (Å²) in [7, 11) is 1.67. The van der Waals surface area contributed by atoms with E-state index in [1.807, 2.05) is 31.2 Å². The van der Waals surface area contributed by atoms with Gasteiger partial charge in [0, 0.05) is 18.2 Å². The first kappa shape index (κ1) is 14.5. The Morgan fingerprint density at radius 2 is 1.95 bits per heavy atom. The normalized spacial score (nSPS) is 12.2. The van der Waals surface area contributed by atoms with Crippen molar-refractivity contribution in [1.29, 1.82) is 0 Å². The first-order chi connectivity index (χ1) is 9.61. The Bertz CT molecular complexity index is 583. The second-order valence-corrected chi connectivity index (χ2v) is 4.92. The minimum Gasteiger partial charge on any atom is -0.496 e. The molecule has 1 atom stereocenters. The average molecular weight is 273 g/mol. The van der Waals surface area contributed by atoms with Crippen molar-refractivity contribution in [3.8, 4) is 5.75 Å². The van der Waals surface area contributed by atoms with Gasteiger partial charge in [-0.25, -0.2) is 4.39 Å². The number of para-hydroxylation sites is 1. The van der Waals surface area contributed by atoms with Crippen LogP contribution in [0, 0.1) is 12.7 Å². The molecule has 2 aromatic carbocycles. The molecule has 20 heavy (non-hydrogen) atoms. The van der Waals surface area contributed by atoms with Gasteiger partial charge in [0.15, 0.2) is 0 Å². The van der Waals surface area contributed by atoms with Gasteiger partial charge in [-0.1, -0.05) is 24.3 Å². The molecule has 0 radical (unpaired) electrons. The Morgan fingerprint density at radius 3 is 2.70 bits per heavy atom. The highest BCUT2D eigenvalue weighted by atomic mass is 19.1. The van der Waals surface area contributed by atoms with E-state index in [1.54, 1.807) is 19.2 Å². The summed E-state index contributed by atoms with van der Waals surface area (Å²) in [6.07, 6.45) is 0. The van der Waals surface area contributed by atoms with Crippen molar-refractivity contribution < 1.29 is 9.13 Å². The van der Waals surface area contributed by atoms with Crippen molar-refractivity contribution in [2.24, 2.45) is 0 Å². The lowest BCUT2D eigenvalue weighted by Gasteiger charge is -2.18. The lowest BCUT2D eigenvalue weighted by Crippen LogP contribution is -2.19. The summed E-state index contributed by atoms with van der Waals surface area (Å²) >= 11 is 0. The van der Waals surface area contributed by atoms with E-state index in [1.165, 1.54) is 6.07 Å². The molecule has 0 aliphatic rings. The van der Waals surface area contributed by atoms with Gasteiger partial charge in [0.1, 0.15) is 11.6 Å². The number of methoxy groups -OCH3 is 1. The molecule has 0 unspecified atom stereocenters. The molecule has 0 bridgehead atoms. The molecule has 2 nitrogen and oxygen atoms in total. The molecule has 0 aliphatic heterocycles. The predicted octanol–water partition coefficient (Wildman–Crippen LogP) is 3.99. The molecular weight excluding hydrogens is 253 g/mol. The van der Waals surface area contributed by atoms with Gasteiger partial charge < -0.3 is 10.1 Å². The average Bonchev–Trinajstić information content (AvgIpc) is 2.47. The third kappa shape index (κ3) is 3.36. The molecule has 0 saturated heterocycles. The fourth-order valence-electron chi connectivity index (χ4n) is 2.23. The highest BCUT2D eigenvalue weighted by molar-refractivity contribution is 5.35. The molecule has 0 aromatic heterocycles. The smallest absolute Gasteiger partial charge is 0.123 e. The van der Waals surface area contributed by atoms with Gasteiger partial charge in [-0.3, -0.25) is 0 Å². The highest BCUT2D eigenvalue weighted by Crippen LogP contribution is 2.24. The molecule has 0 heterocycles. The summed E-state index contributed by atoms with van der Waals surface area (Å²) in [6, 6.07) is 12.9. The minimum atomic E-state index is -0.197. The largest absolute Gasteiger partial charge is 0.496 e. The van der Waals surface area contributed by atoms with Crippen molar-refractivity contribution in [3.63, 3.8) is 0 Å². The predicted molar refractivity (Wildman–Crippen MR) is 79.4 cm³/mol. The maximum Gasteiger partial charge on any atom is 0.123 e. The summed E-state index contributed by atoms with van der Waals surface area (Å²) in [6.45, 7) is 4.69. The Kier molecular flexibility index (Phi) is 4.74. The number of rotatable bonds is 5. The minimum absolute atomic E-state index is 0.133. The van der Waals surface area contributed by atoms with Gasteiger partial charge in [-0.2, -0.15) is 0 Å². The maximum absolute atomic E-state index is 13.3. The Balaban J connectivity index is 2.08. The first-order valence-corrected chi connectivity index (χ1v) is 6.73. The summed E-state index contributed by atoms with van der Waals surface area (Å²) in [5.74, 6) is 0.667. The third-order valence-electron chi connectivity index (χ3n) is 3.52. The SMILES string of the molecule is COc1ccccc1[C@H](C)NCc1cc(F)ccc1C. The molecule has 0 saturated carbocycles. The number of halogens is 1. The molecule has 0 amide bonds. The second-order valence-electron chi connectivity index (χ2n) is 4.92. The number of ether oxygens (including phenoxy) is 1. The van der Waals surface area contributed by atoms with Crippen LogP contribution in [0.2, 0.25) is 0 Å². The van der Waals surface area contributed by atoms with Gasteiger partial charge >= 0.3 is 0 Å². The lowest BCUT2D eigenvalue weighted by molar-refractivity contribution is 0.401. The van der Waals surface area contributed by atoms with Crippen LogP contribution in [-0.2, 0) is 6.54 Å². The second kappa shape index (κ2) is 6.53. The zero-order valence-electron chi connectivity index (χ0n) is 12.1. The number of aryl methyl sites for hydroxylation is 1. The molecule has 0 aliphatic carbocycles. The molecule has 2 rings (SSSR count). The maximum atomic E-state index is 13.3. The number of hydrogen-bond acceptors (Lipinski definition) is 2. The van der Waals surface area contributed by atoms with E-state index in [-0.39, 0.29) is 11.9 Å². The Hall–Kier alpha value is -1.87. The van der Waals surface area contributed by atoms with Crippen molar-refractivity contribution in [2.45, 2.75) is 26.4 Å². The van der Waals surface area contributed by atoms with Crippen LogP contribution in [0.4, 0.5) is 4.39 Å². The standard InChI is InChI=1S/C17H20FNO/c1-12-8-9-15(18)10-14(12)11-19-13(2)16-6-4-5-7-17(16)20-3/h4-10,13,19H,11H2,1-3H3/t13-/m0/s1. The van der Waals surface area contributed by atoms with Crippen LogP contribution < -0.4 is 10.1 Å². The zero-order valence-corrected chi connectivity index (χ0v) is 12.1. The molecule has 0 fully saturated rings. The quantitative estimate of drug-likeness (QED) is 0.889. The molecular formula is C17H20FNO. The van der Waals surface area contributed by atoms with Gasteiger partial charge in [0.05, 0.1) is 7.11 Å². The van der Waals surface area contributed by atoms with Gasteiger partial charge in [0.25, 0.3) is 0 Å². The Labute approximate surface area is 119 Å². The Morgan fingerprint density at radius 1 is 1.20 bits per heavy atom. The van der Waals surface area contributed by atoms with Gasteiger partial charge in [-0.15, -0.1) is 0 Å². The fourth-order valence-corrected chi connectivity index (χ4v) is 2.23. The van der Waals surface area contributed by atoms with E-state index in [9.17, 15) is 4.39 Å². The van der Waals surface area contributed by atoms with Crippen LogP contribution in [0.3, 0.4) is 0 Å². The van der Waals surface area contributed by atoms with Crippen molar-refractivity contribution in [3.05, 3.63) is 65.0 Å². The summed E-state index contributed by atoms with van der Waals surface area (Å²) in [5, 5.41) is 3.41. The van der Waals surface area contributed by atoms with Gasteiger partial charge in [-0.05, 0) is 43.2 Å². The monoisotopic (exact) mass is 273 g/mol. The van der Waals surface area contributed by atoms with Crippen LogP contribution >= 0.6 is 0 Å². The van der Waals surface area contributed by atoms with Crippen molar-refractivity contribution in [1.82, 2.24) is 5.32 Å². The van der Waals surface area contributed by atoms with Crippen molar-refractivity contribution in [2.75, 3.05) is 7.11 Å². The highest BCUT2D eigenvalue weighted by Gasteiger charge is 2.10. The van der Waals surface area contributed by atoms with E-state index < -0.39 is 0 Å². The van der Waals surface area contributed by atoms with Crippen LogP contribution in [-0.4, -0.2) is 7.11 Å². The lowest BCUT2D eigenvalue weighted by atomic mass is 10.1. The number of benzene rings is 2. The van der Waals surface area contributed by atoms with Crippen LogP contribution in [0.15, 0.2) is 42.5 Å². The van der Waals surface area contributed by atoms with Crippen molar-refractivity contribution >= 4 is 0 Å². The molecule has 3 heteroatoms.